The van der Waals surface area contributed by atoms with E-state index in [1.807, 2.05) is 60.7 Å². The SMILES string of the molecule is Oc1ccc(Br)cc1[C@H]1CC(c2ccc(Cl)cc2)=N[C@@H](c2ccc(Br)cc2)N1. The molecular weight excluding hydrogens is 504 g/mol. The van der Waals surface area contributed by atoms with Gasteiger partial charge in [-0.25, -0.2) is 0 Å². The summed E-state index contributed by atoms with van der Waals surface area (Å²) in [5, 5.41) is 14.7. The Morgan fingerprint density at radius 2 is 1.61 bits per heavy atom. The largest absolute Gasteiger partial charge is 0.508 e. The van der Waals surface area contributed by atoms with Crippen LogP contribution in [0.3, 0.4) is 0 Å². The molecule has 0 fully saturated rings. The van der Waals surface area contributed by atoms with Gasteiger partial charge in [-0.05, 0) is 53.6 Å². The first-order chi connectivity index (χ1) is 13.5. The van der Waals surface area contributed by atoms with Gasteiger partial charge in [0.25, 0.3) is 0 Å². The van der Waals surface area contributed by atoms with Crippen molar-refractivity contribution in [1.29, 1.82) is 0 Å². The molecule has 0 spiro atoms. The van der Waals surface area contributed by atoms with Crippen LogP contribution >= 0.6 is 43.5 Å². The maximum absolute atomic E-state index is 10.4. The predicted molar refractivity (Wildman–Crippen MR) is 121 cm³/mol. The predicted octanol–water partition coefficient (Wildman–Crippen LogP) is 6.79. The van der Waals surface area contributed by atoms with Gasteiger partial charge >= 0.3 is 0 Å². The molecule has 0 radical (unpaired) electrons. The molecule has 0 saturated carbocycles. The lowest BCUT2D eigenvalue weighted by molar-refractivity contribution is 0.412. The lowest BCUT2D eigenvalue weighted by atomic mass is 9.93. The van der Waals surface area contributed by atoms with Crippen LogP contribution in [0.2, 0.25) is 5.02 Å². The summed E-state index contributed by atoms with van der Waals surface area (Å²) in [6.07, 6.45) is 0.453. The van der Waals surface area contributed by atoms with Crippen LogP contribution in [-0.2, 0) is 0 Å². The van der Waals surface area contributed by atoms with Crippen LogP contribution in [0.15, 0.2) is 80.7 Å². The van der Waals surface area contributed by atoms with Gasteiger partial charge in [0.15, 0.2) is 0 Å². The maximum atomic E-state index is 10.4. The van der Waals surface area contributed by atoms with E-state index in [9.17, 15) is 5.11 Å². The minimum Gasteiger partial charge on any atom is -0.508 e. The number of phenols is 1. The van der Waals surface area contributed by atoms with Gasteiger partial charge in [0.05, 0.1) is 0 Å². The van der Waals surface area contributed by atoms with Crippen LogP contribution in [0.1, 0.15) is 35.3 Å². The standard InChI is InChI=1S/C22H17Br2ClN2O/c23-15-5-1-14(2-6-15)22-26-19(13-3-8-17(25)9-4-13)12-20(27-22)18-11-16(24)7-10-21(18)28/h1-11,20,22,27-28H,12H2/t20-,22-/m1/s1. The first-order valence-electron chi connectivity index (χ1n) is 8.82. The van der Waals surface area contributed by atoms with E-state index in [1.165, 1.54) is 0 Å². The molecular formula is C22H17Br2ClN2O. The summed E-state index contributed by atoms with van der Waals surface area (Å²) in [5.41, 5.74) is 3.92. The molecule has 0 aliphatic carbocycles. The molecule has 3 nitrogen and oxygen atoms in total. The zero-order chi connectivity index (χ0) is 19.7. The number of phenolic OH excluding ortho intramolecular Hbond substituents is 1. The van der Waals surface area contributed by atoms with Crippen molar-refractivity contribution in [3.63, 3.8) is 0 Å². The first kappa shape index (κ1) is 19.6. The maximum Gasteiger partial charge on any atom is 0.126 e. The molecule has 0 unspecified atom stereocenters. The van der Waals surface area contributed by atoms with Crippen LogP contribution in [0.25, 0.3) is 0 Å². The summed E-state index contributed by atoms with van der Waals surface area (Å²) in [4.78, 5) is 4.96. The van der Waals surface area contributed by atoms with E-state index in [1.54, 1.807) is 6.07 Å². The summed E-state index contributed by atoms with van der Waals surface area (Å²) in [7, 11) is 0. The van der Waals surface area contributed by atoms with Crippen molar-refractivity contribution in [3.8, 4) is 5.75 Å². The van der Waals surface area contributed by atoms with E-state index in [2.05, 4.69) is 37.2 Å². The van der Waals surface area contributed by atoms with Gasteiger partial charge in [0.2, 0.25) is 0 Å². The van der Waals surface area contributed by atoms with Gasteiger partial charge in [0.1, 0.15) is 11.9 Å². The third-order valence-corrected chi connectivity index (χ3v) is 6.04. The molecule has 28 heavy (non-hydrogen) atoms. The summed E-state index contributed by atoms with van der Waals surface area (Å²) >= 11 is 13.1. The Morgan fingerprint density at radius 3 is 2.32 bits per heavy atom. The Hall–Kier alpha value is -1.66. The quantitative estimate of drug-likeness (QED) is 0.399. The number of nitrogens with one attached hydrogen (secondary N) is 1. The van der Waals surface area contributed by atoms with Crippen molar-refractivity contribution in [2.45, 2.75) is 18.6 Å². The van der Waals surface area contributed by atoms with Crippen molar-refractivity contribution in [2.75, 3.05) is 0 Å². The normalized spacial score (nSPS) is 19.3. The molecule has 3 aromatic rings. The fraction of sp³-hybridized carbons (Fsp3) is 0.136. The van der Waals surface area contributed by atoms with E-state index < -0.39 is 0 Å². The van der Waals surface area contributed by atoms with Crippen LogP contribution in [0.5, 0.6) is 5.75 Å². The van der Waals surface area contributed by atoms with E-state index in [0.29, 0.717) is 11.4 Å². The Balaban J connectivity index is 1.76. The van der Waals surface area contributed by atoms with Gasteiger partial charge in [-0.15, -0.1) is 0 Å². The second-order valence-electron chi connectivity index (χ2n) is 6.66. The number of rotatable bonds is 3. The Kier molecular flexibility index (Phi) is 5.88. The molecule has 2 atom stereocenters. The molecule has 0 amide bonds. The highest BCUT2D eigenvalue weighted by molar-refractivity contribution is 9.10. The molecule has 0 aromatic heterocycles. The molecule has 4 rings (SSSR count). The number of halogens is 3. The van der Waals surface area contributed by atoms with Gasteiger partial charge in [-0.3, -0.25) is 10.3 Å². The highest BCUT2D eigenvalue weighted by Gasteiger charge is 2.27. The fourth-order valence-corrected chi connectivity index (χ4v) is 4.11. The average molecular weight is 521 g/mol. The number of hydrogen-bond acceptors (Lipinski definition) is 3. The highest BCUT2D eigenvalue weighted by atomic mass is 79.9. The van der Waals surface area contributed by atoms with Crippen molar-refractivity contribution in [1.82, 2.24) is 5.32 Å². The summed E-state index contributed by atoms with van der Waals surface area (Å²) in [6.45, 7) is 0. The lowest BCUT2D eigenvalue weighted by Gasteiger charge is -2.31. The van der Waals surface area contributed by atoms with Crippen molar-refractivity contribution in [2.24, 2.45) is 4.99 Å². The van der Waals surface area contributed by atoms with Crippen molar-refractivity contribution < 1.29 is 5.11 Å². The third-order valence-electron chi connectivity index (χ3n) is 4.77. The van der Waals surface area contributed by atoms with Gasteiger partial charge in [0, 0.05) is 37.7 Å². The molecule has 142 valence electrons. The number of aliphatic imine (C=N–C) groups is 1. The smallest absolute Gasteiger partial charge is 0.126 e. The van der Waals surface area contributed by atoms with Crippen molar-refractivity contribution >= 4 is 49.2 Å². The number of nitrogens with zero attached hydrogens (tertiary/aromatic N) is 1. The molecule has 1 aliphatic heterocycles. The minimum atomic E-state index is -0.212. The van der Waals surface area contributed by atoms with E-state index in [0.717, 1.165) is 31.3 Å². The zero-order valence-corrected chi connectivity index (χ0v) is 18.7. The first-order valence-corrected chi connectivity index (χ1v) is 10.8. The molecule has 6 heteroatoms. The van der Waals surface area contributed by atoms with Crippen LogP contribution in [-0.4, -0.2) is 10.8 Å². The zero-order valence-electron chi connectivity index (χ0n) is 14.7. The molecule has 3 aromatic carbocycles. The lowest BCUT2D eigenvalue weighted by Crippen LogP contribution is -2.33. The minimum absolute atomic E-state index is 0.0747. The highest BCUT2D eigenvalue weighted by Crippen LogP contribution is 2.36. The topological polar surface area (TPSA) is 44.6 Å². The number of benzene rings is 3. The van der Waals surface area contributed by atoms with Gasteiger partial charge < -0.3 is 5.11 Å². The van der Waals surface area contributed by atoms with Gasteiger partial charge in [-0.1, -0.05) is 67.7 Å². The van der Waals surface area contributed by atoms with Gasteiger partial charge in [-0.2, -0.15) is 0 Å². The van der Waals surface area contributed by atoms with Crippen LogP contribution in [0, 0.1) is 0 Å². The molecule has 0 saturated heterocycles. The number of hydrogen-bond donors (Lipinski definition) is 2. The average Bonchev–Trinajstić information content (AvgIpc) is 2.70. The fourth-order valence-electron chi connectivity index (χ4n) is 3.34. The summed E-state index contributed by atoms with van der Waals surface area (Å²) in [5.74, 6) is 0.271. The Labute approximate surface area is 185 Å². The van der Waals surface area contributed by atoms with E-state index in [-0.39, 0.29) is 18.0 Å². The van der Waals surface area contributed by atoms with Crippen LogP contribution in [0.4, 0.5) is 0 Å². The summed E-state index contributed by atoms with van der Waals surface area (Å²) < 4.78 is 1.95. The molecule has 0 bridgehead atoms. The Morgan fingerprint density at radius 1 is 0.929 bits per heavy atom. The monoisotopic (exact) mass is 518 g/mol. The third kappa shape index (κ3) is 4.33. The molecule has 2 N–H and O–H groups in total. The van der Waals surface area contributed by atoms with E-state index in [4.69, 9.17) is 16.6 Å². The number of aromatic hydroxyl groups is 1. The van der Waals surface area contributed by atoms with Crippen molar-refractivity contribution in [3.05, 3.63) is 97.4 Å². The molecule has 1 heterocycles. The second kappa shape index (κ2) is 8.37. The Bertz CT molecular complexity index is 1020. The molecule has 1 aliphatic rings. The van der Waals surface area contributed by atoms with Crippen LogP contribution < -0.4 is 5.32 Å². The second-order valence-corrected chi connectivity index (χ2v) is 8.93. The summed E-state index contributed by atoms with van der Waals surface area (Å²) in [6, 6.07) is 21.3. The van der Waals surface area contributed by atoms with E-state index >= 15 is 0 Å².